The summed E-state index contributed by atoms with van der Waals surface area (Å²) >= 11 is 0. The number of methoxy groups -OCH3 is 1. The fourth-order valence-electron chi connectivity index (χ4n) is 2.45. The molecule has 2 aromatic rings. The zero-order valence-electron chi connectivity index (χ0n) is 12.0. The summed E-state index contributed by atoms with van der Waals surface area (Å²) in [6.45, 7) is 1.89. The molecule has 1 aliphatic heterocycles. The van der Waals surface area contributed by atoms with E-state index >= 15 is 0 Å². The van der Waals surface area contributed by atoms with Crippen molar-refractivity contribution in [1.82, 2.24) is 19.9 Å². The molecule has 0 saturated carbocycles. The van der Waals surface area contributed by atoms with Crippen molar-refractivity contribution < 1.29 is 4.74 Å². The van der Waals surface area contributed by atoms with Gasteiger partial charge in [-0.2, -0.15) is 15.0 Å². The van der Waals surface area contributed by atoms with Gasteiger partial charge in [-0.3, -0.25) is 0 Å². The molecule has 0 bridgehead atoms. The lowest BCUT2D eigenvalue weighted by molar-refractivity contribution is 0.414. The zero-order valence-corrected chi connectivity index (χ0v) is 12.0. The van der Waals surface area contributed by atoms with Gasteiger partial charge in [0, 0.05) is 19.3 Å². The Kier molecular flexibility index (Phi) is 3.81. The predicted molar refractivity (Wildman–Crippen MR) is 80.1 cm³/mol. The number of aromatic nitrogens is 4. The average molecular weight is 286 g/mol. The number of hydrogen-bond donors (Lipinski definition) is 1. The predicted octanol–water partition coefficient (Wildman–Crippen LogP) is 1.51. The van der Waals surface area contributed by atoms with Crippen LogP contribution in [0.3, 0.4) is 0 Å². The number of piperidine rings is 1. The third-order valence-electron chi connectivity index (χ3n) is 3.48. The van der Waals surface area contributed by atoms with Gasteiger partial charge >= 0.3 is 0 Å². The summed E-state index contributed by atoms with van der Waals surface area (Å²) in [6.07, 6.45) is 5.22. The molecule has 1 fully saturated rings. The van der Waals surface area contributed by atoms with Crippen LogP contribution in [0.4, 0.5) is 11.9 Å². The van der Waals surface area contributed by atoms with E-state index in [1.807, 2.05) is 6.07 Å². The third kappa shape index (κ3) is 2.86. The summed E-state index contributed by atoms with van der Waals surface area (Å²) in [5.41, 5.74) is 6.41. The normalized spacial score (nSPS) is 15.0. The van der Waals surface area contributed by atoms with Crippen LogP contribution in [0.15, 0.2) is 18.3 Å². The third-order valence-corrected chi connectivity index (χ3v) is 3.48. The van der Waals surface area contributed by atoms with Gasteiger partial charge in [-0.1, -0.05) is 0 Å². The van der Waals surface area contributed by atoms with Crippen molar-refractivity contribution in [2.45, 2.75) is 19.3 Å². The highest BCUT2D eigenvalue weighted by molar-refractivity contribution is 5.60. The first-order chi connectivity index (χ1) is 10.3. The molecular formula is C14H18N6O. The first-order valence-corrected chi connectivity index (χ1v) is 7.04. The number of hydrogen-bond acceptors (Lipinski definition) is 7. The molecule has 0 unspecified atom stereocenters. The highest BCUT2D eigenvalue weighted by atomic mass is 16.5. The van der Waals surface area contributed by atoms with E-state index in [2.05, 4.69) is 24.8 Å². The number of ether oxygens (including phenoxy) is 1. The maximum atomic E-state index is 5.84. The Balaban J connectivity index is 2.01. The van der Waals surface area contributed by atoms with Crippen LogP contribution < -0.4 is 15.4 Å². The molecule has 21 heavy (non-hydrogen) atoms. The maximum Gasteiger partial charge on any atom is 0.230 e. The molecule has 0 radical (unpaired) electrons. The van der Waals surface area contributed by atoms with E-state index in [1.165, 1.54) is 6.42 Å². The molecule has 0 spiro atoms. The van der Waals surface area contributed by atoms with E-state index in [-0.39, 0.29) is 5.95 Å². The number of anilines is 2. The van der Waals surface area contributed by atoms with Crippen LogP contribution in [-0.4, -0.2) is 40.1 Å². The van der Waals surface area contributed by atoms with Crippen molar-refractivity contribution in [2.75, 3.05) is 30.8 Å². The van der Waals surface area contributed by atoms with Crippen molar-refractivity contribution in [3.63, 3.8) is 0 Å². The molecule has 0 aliphatic carbocycles. The molecule has 2 N–H and O–H groups in total. The second-order valence-corrected chi connectivity index (χ2v) is 4.92. The average Bonchev–Trinajstić information content (AvgIpc) is 2.55. The number of nitrogens with two attached hydrogens (primary N) is 1. The Hall–Kier alpha value is -2.44. The summed E-state index contributed by atoms with van der Waals surface area (Å²) in [6, 6.07) is 3.63. The SMILES string of the molecule is COc1cccnc1-c1nc(N)nc(N2CCCCC2)n1. The minimum atomic E-state index is 0.202. The van der Waals surface area contributed by atoms with Gasteiger partial charge in [-0.15, -0.1) is 0 Å². The summed E-state index contributed by atoms with van der Waals surface area (Å²) in [4.78, 5) is 19.4. The Labute approximate surface area is 123 Å². The molecule has 0 atom stereocenters. The summed E-state index contributed by atoms with van der Waals surface area (Å²) < 4.78 is 5.31. The number of rotatable bonds is 3. The number of nitrogen functional groups attached to an aromatic ring is 1. The smallest absolute Gasteiger partial charge is 0.230 e. The molecule has 0 aromatic carbocycles. The second-order valence-electron chi connectivity index (χ2n) is 4.92. The van der Waals surface area contributed by atoms with Crippen LogP contribution in [0.5, 0.6) is 5.75 Å². The molecule has 3 heterocycles. The standard InChI is InChI=1S/C14H18N6O/c1-21-10-6-5-7-16-11(10)12-17-13(15)19-14(18-12)20-8-3-2-4-9-20/h5-7H,2-4,8-9H2,1H3,(H2,15,17,18,19). The van der Waals surface area contributed by atoms with E-state index in [0.717, 1.165) is 25.9 Å². The first kappa shape index (κ1) is 13.5. The minimum absolute atomic E-state index is 0.202. The van der Waals surface area contributed by atoms with Crippen LogP contribution in [0, 0.1) is 0 Å². The van der Waals surface area contributed by atoms with Crippen molar-refractivity contribution in [1.29, 1.82) is 0 Å². The first-order valence-electron chi connectivity index (χ1n) is 7.04. The quantitative estimate of drug-likeness (QED) is 0.914. The van der Waals surface area contributed by atoms with Gasteiger partial charge in [0.15, 0.2) is 5.82 Å². The molecule has 1 aliphatic rings. The van der Waals surface area contributed by atoms with Gasteiger partial charge in [0.25, 0.3) is 0 Å². The van der Waals surface area contributed by atoms with Gasteiger partial charge in [0.05, 0.1) is 7.11 Å². The maximum absolute atomic E-state index is 5.84. The number of pyridine rings is 1. The van der Waals surface area contributed by atoms with Crippen molar-refractivity contribution in [3.05, 3.63) is 18.3 Å². The van der Waals surface area contributed by atoms with E-state index in [1.54, 1.807) is 19.4 Å². The Morgan fingerprint density at radius 3 is 2.71 bits per heavy atom. The van der Waals surface area contributed by atoms with Gasteiger partial charge in [-0.05, 0) is 31.4 Å². The lowest BCUT2D eigenvalue weighted by Crippen LogP contribution is -2.31. The van der Waals surface area contributed by atoms with Crippen LogP contribution in [-0.2, 0) is 0 Å². The van der Waals surface area contributed by atoms with Crippen molar-refractivity contribution in [2.24, 2.45) is 0 Å². The molecule has 110 valence electrons. The fraction of sp³-hybridized carbons (Fsp3) is 0.429. The Morgan fingerprint density at radius 1 is 1.14 bits per heavy atom. The van der Waals surface area contributed by atoms with Gasteiger partial charge in [-0.25, -0.2) is 4.98 Å². The molecule has 7 nitrogen and oxygen atoms in total. The van der Waals surface area contributed by atoms with E-state index in [4.69, 9.17) is 10.5 Å². The van der Waals surface area contributed by atoms with Crippen molar-refractivity contribution >= 4 is 11.9 Å². The molecular weight excluding hydrogens is 268 g/mol. The van der Waals surface area contributed by atoms with Gasteiger partial charge in [0.2, 0.25) is 11.9 Å². The summed E-state index contributed by atoms with van der Waals surface area (Å²) in [5.74, 6) is 1.88. The zero-order chi connectivity index (χ0) is 14.7. The summed E-state index contributed by atoms with van der Waals surface area (Å²) in [7, 11) is 1.59. The second kappa shape index (κ2) is 5.90. The Bertz CT molecular complexity index is 627. The van der Waals surface area contributed by atoms with Crippen LogP contribution in [0.25, 0.3) is 11.5 Å². The molecule has 3 rings (SSSR count). The minimum Gasteiger partial charge on any atom is -0.494 e. The topological polar surface area (TPSA) is 90.0 Å². The number of nitrogens with zero attached hydrogens (tertiary/aromatic N) is 5. The molecule has 0 amide bonds. The van der Waals surface area contributed by atoms with E-state index in [0.29, 0.717) is 23.2 Å². The fourth-order valence-corrected chi connectivity index (χ4v) is 2.45. The van der Waals surface area contributed by atoms with E-state index in [9.17, 15) is 0 Å². The summed E-state index contributed by atoms with van der Waals surface area (Å²) in [5, 5.41) is 0. The van der Waals surface area contributed by atoms with Crippen molar-refractivity contribution in [3.8, 4) is 17.3 Å². The Morgan fingerprint density at radius 2 is 1.95 bits per heavy atom. The largest absolute Gasteiger partial charge is 0.494 e. The monoisotopic (exact) mass is 286 g/mol. The van der Waals surface area contributed by atoms with Crippen LogP contribution >= 0.6 is 0 Å². The molecule has 2 aromatic heterocycles. The van der Waals surface area contributed by atoms with Gasteiger partial charge < -0.3 is 15.4 Å². The van der Waals surface area contributed by atoms with Crippen LogP contribution in [0.1, 0.15) is 19.3 Å². The van der Waals surface area contributed by atoms with Gasteiger partial charge in [0.1, 0.15) is 11.4 Å². The molecule has 1 saturated heterocycles. The van der Waals surface area contributed by atoms with Crippen LogP contribution in [0.2, 0.25) is 0 Å². The highest BCUT2D eigenvalue weighted by Crippen LogP contribution is 2.26. The molecule has 7 heteroatoms. The van der Waals surface area contributed by atoms with E-state index < -0.39 is 0 Å². The lowest BCUT2D eigenvalue weighted by atomic mass is 10.1. The highest BCUT2D eigenvalue weighted by Gasteiger charge is 2.18. The lowest BCUT2D eigenvalue weighted by Gasteiger charge is -2.26.